The Kier molecular flexibility index (Phi) is 4.46. The van der Waals surface area contributed by atoms with Gasteiger partial charge in [-0.05, 0) is 0 Å². The van der Waals surface area contributed by atoms with Crippen molar-refractivity contribution in [1.82, 2.24) is 20.2 Å². The van der Waals surface area contributed by atoms with Crippen LogP contribution in [0.15, 0.2) is 12.4 Å². The number of imidazole rings is 1. The van der Waals surface area contributed by atoms with E-state index in [1.165, 1.54) is 11.9 Å². The van der Waals surface area contributed by atoms with Crippen LogP contribution in [-0.4, -0.2) is 56.8 Å². The van der Waals surface area contributed by atoms with E-state index in [0.717, 1.165) is 0 Å². The van der Waals surface area contributed by atoms with Crippen LogP contribution in [0.1, 0.15) is 5.82 Å². The molecule has 4 N–H and O–H groups in total. The first kappa shape index (κ1) is 13.0. The number of rotatable bonds is 5. The number of aliphatic hydroxyl groups is 1. The van der Waals surface area contributed by atoms with Crippen molar-refractivity contribution < 1.29 is 19.8 Å². The van der Waals surface area contributed by atoms with E-state index in [0.29, 0.717) is 5.82 Å². The molecule has 0 saturated carbocycles. The van der Waals surface area contributed by atoms with Gasteiger partial charge < -0.3 is 25.4 Å². The number of hydrogen-bond donors (Lipinski definition) is 4. The van der Waals surface area contributed by atoms with Crippen LogP contribution in [0.3, 0.4) is 0 Å². The number of nitrogens with one attached hydrogen (secondary N) is 2. The Morgan fingerprint density at radius 3 is 2.82 bits per heavy atom. The summed E-state index contributed by atoms with van der Waals surface area (Å²) in [5.41, 5.74) is 0. The molecule has 0 aromatic carbocycles. The predicted molar refractivity (Wildman–Crippen MR) is 57.1 cm³/mol. The van der Waals surface area contributed by atoms with Crippen molar-refractivity contribution in [3.8, 4) is 0 Å². The number of aliphatic carboxylic acids is 1. The summed E-state index contributed by atoms with van der Waals surface area (Å²) >= 11 is 0. The van der Waals surface area contributed by atoms with Gasteiger partial charge in [-0.3, -0.25) is 0 Å². The van der Waals surface area contributed by atoms with E-state index >= 15 is 0 Å². The molecule has 0 aliphatic heterocycles. The van der Waals surface area contributed by atoms with Crippen molar-refractivity contribution in [1.29, 1.82) is 0 Å². The number of carbonyl (C=O) groups excluding carboxylic acids is 1. The molecule has 1 heterocycles. The van der Waals surface area contributed by atoms with Crippen LogP contribution >= 0.6 is 0 Å². The van der Waals surface area contributed by atoms with Gasteiger partial charge in [0.2, 0.25) is 0 Å². The summed E-state index contributed by atoms with van der Waals surface area (Å²) in [5, 5.41) is 19.6. The highest BCUT2D eigenvalue weighted by Gasteiger charge is 2.20. The van der Waals surface area contributed by atoms with Gasteiger partial charge in [0.05, 0.1) is 13.2 Å². The van der Waals surface area contributed by atoms with Gasteiger partial charge in [-0.15, -0.1) is 0 Å². The van der Waals surface area contributed by atoms with Gasteiger partial charge in [-0.2, -0.15) is 0 Å². The molecule has 1 aromatic heterocycles. The minimum Gasteiger partial charge on any atom is -0.480 e. The average Bonchev–Trinajstić information content (AvgIpc) is 2.77. The Hall–Kier alpha value is -2.09. The molecule has 8 heteroatoms. The number of amides is 2. The van der Waals surface area contributed by atoms with Crippen molar-refractivity contribution in [3.05, 3.63) is 18.2 Å². The summed E-state index contributed by atoms with van der Waals surface area (Å²) in [6, 6.07) is -1.90. The summed E-state index contributed by atoms with van der Waals surface area (Å²) in [7, 11) is 1.49. The first-order chi connectivity index (χ1) is 8.04. The predicted octanol–water partition coefficient (Wildman–Crippen LogP) is -1.00. The Labute approximate surface area is 97.3 Å². The molecule has 17 heavy (non-hydrogen) atoms. The van der Waals surface area contributed by atoms with E-state index in [4.69, 9.17) is 10.2 Å². The maximum Gasteiger partial charge on any atom is 0.328 e. The van der Waals surface area contributed by atoms with Gasteiger partial charge in [0.15, 0.2) is 6.04 Å². The first-order valence-corrected chi connectivity index (χ1v) is 4.88. The van der Waals surface area contributed by atoms with Gasteiger partial charge in [0, 0.05) is 19.4 Å². The summed E-state index contributed by atoms with van der Waals surface area (Å²) < 4.78 is 0. The van der Waals surface area contributed by atoms with E-state index in [1.807, 2.05) is 0 Å². The highest BCUT2D eigenvalue weighted by atomic mass is 16.4. The number of urea groups is 1. The van der Waals surface area contributed by atoms with E-state index in [-0.39, 0.29) is 6.54 Å². The smallest absolute Gasteiger partial charge is 0.328 e. The van der Waals surface area contributed by atoms with Crippen LogP contribution in [0.25, 0.3) is 0 Å². The highest BCUT2D eigenvalue weighted by Crippen LogP contribution is 1.96. The maximum atomic E-state index is 11.5. The number of aromatic nitrogens is 2. The Morgan fingerprint density at radius 1 is 1.65 bits per heavy atom. The van der Waals surface area contributed by atoms with Gasteiger partial charge in [0.25, 0.3) is 0 Å². The fraction of sp³-hybridized carbons (Fsp3) is 0.444. The minimum atomic E-state index is -1.30. The molecule has 8 nitrogen and oxygen atoms in total. The van der Waals surface area contributed by atoms with Crippen molar-refractivity contribution in [2.45, 2.75) is 12.6 Å². The molecule has 0 aliphatic rings. The Bertz CT molecular complexity index is 378. The SMILES string of the molecule is CN(Cc1ncc[nH]1)C(=O)NC(CO)C(=O)O. The average molecular weight is 242 g/mol. The van der Waals surface area contributed by atoms with E-state index in [2.05, 4.69) is 15.3 Å². The van der Waals surface area contributed by atoms with E-state index in [1.54, 1.807) is 12.4 Å². The third kappa shape index (κ3) is 3.76. The molecule has 0 fully saturated rings. The summed E-state index contributed by atoms with van der Waals surface area (Å²) in [4.78, 5) is 30.1. The van der Waals surface area contributed by atoms with Crippen LogP contribution in [0.5, 0.6) is 0 Å². The normalized spacial score (nSPS) is 11.9. The largest absolute Gasteiger partial charge is 0.480 e. The van der Waals surface area contributed by atoms with Crippen LogP contribution < -0.4 is 5.32 Å². The molecule has 0 aliphatic carbocycles. The van der Waals surface area contributed by atoms with Crippen LogP contribution in [0, 0.1) is 0 Å². The summed E-state index contributed by atoms with van der Waals surface area (Å²) in [6.07, 6.45) is 3.17. The lowest BCUT2D eigenvalue weighted by atomic mass is 10.3. The molecule has 1 atom stereocenters. The maximum absolute atomic E-state index is 11.5. The molecule has 0 saturated heterocycles. The number of carbonyl (C=O) groups is 2. The summed E-state index contributed by atoms with van der Waals surface area (Å²) in [6.45, 7) is -0.438. The topological polar surface area (TPSA) is 119 Å². The second-order valence-corrected chi connectivity index (χ2v) is 3.41. The second kappa shape index (κ2) is 5.85. The van der Waals surface area contributed by atoms with E-state index in [9.17, 15) is 9.59 Å². The van der Waals surface area contributed by atoms with Crippen molar-refractivity contribution in [2.24, 2.45) is 0 Å². The molecular formula is C9H14N4O4. The molecule has 0 radical (unpaired) electrons. The van der Waals surface area contributed by atoms with Crippen molar-refractivity contribution in [3.63, 3.8) is 0 Å². The van der Waals surface area contributed by atoms with Gasteiger partial charge >= 0.3 is 12.0 Å². The molecule has 1 aromatic rings. The monoisotopic (exact) mass is 242 g/mol. The number of nitrogens with zero attached hydrogens (tertiary/aromatic N) is 2. The quantitative estimate of drug-likeness (QED) is 0.528. The fourth-order valence-electron chi connectivity index (χ4n) is 1.13. The fourth-order valence-corrected chi connectivity index (χ4v) is 1.13. The second-order valence-electron chi connectivity index (χ2n) is 3.41. The Morgan fingerprint density at radius 2 is 2.35 bits per heavy atom. The zero-order valence-electron chi connectivity index (χ0n) is 9.25. The number of aromatic amines is 1. The lowest BCUT2D eigenvalue weighted by Gasteiger charge is -2.19. The molecule has 0 spiro atoms. The van der Waals surface area contributed by atoms with Gasteiger partial charge in [-0.25, -0.2) is 14.6 Å². The first-order valence-electron chi connectivity index (χ1n) is 4.88. The van der Waals surface area contributed by atoms with Gasteiger partial charge in [0.1, 0.15) is 5.82 Å². The van der Waals surface area contributed by atoms with Crippen LogP contribution in [-0.2, 0) is 11.3 Å². The molecule has 94 valence electrons. The van der Waals surface area contributed by atoms with Crippen LogP contribution in [0.2, 0.25) is 0 Å². The minimum absolute atomic E-state index is 0.219. The van der Waals surface area contributed by atoms with Gasteiger partial charge in [-0.1, -0.05) is 0 Å². The van der Waals surface area contributed by atoms with E-state index < -0.39 is 24.6 Å². The van der Waals surface area contributed by atoms with Crippen LogP contribution in [0.4, 0.5) is 4.79 Å². The highest BCUT2D eigenvalue weighted by molar-refractivity contribution is 5.82. The number of aliphatic hydroxyl groups excluding tert-OH is 1. The number of H-pyrrole nitrogens is 1. The molecule has 1 rings (SSSR count). The molecule has 1 unspecified atom stereocenters. The van der Waals surface area contributed by atoms with Crippen molar-refractivity contribution >= 4 is 12.0 Å². The third-order valence-electron chi connectivity index (χ3n) is 2.07. The molecule has 2 amide bonds. The summed E-state index contributed by atoms with van der Waals surface area (Å²) in [5.74, 6) is -0.703. The number of carboxylic acid groups (broad SMARTS) is 1. The Balaban J connectivity index is 2.49. The zero-order chi connectivity index (χ0) is 12.8. The number of hydrogen-bond acceptors (Lipinski definition) is 4. The third-order valence-corrected chi connectivity index (χ3v) is 2.07. The number of carboxylic acids is 1. The lowest BCUT2D eigenvalue weighted by Crippen LogP contribution is -2.48. The molecule has 0 bridgehead atoms. The lowest BCUT2D eigenvalue weighted by molar-refractivity contribution is -0.140. The zero-order valence-corrected chi connectivity index (χ0v) is 9.25. The molecular weight excluding hydrogens is 228 g/mol. The van der Waals surface area contributed by atoms with Crippen molar-refractivity contribution in [2.75, 3.05) is 13.7 Å². The standard InChI is InChI=1S/C9H14N4O4/c1-13(4-7-10-2-3-11-7)9(17)12-6(5-14)8(15)16/h2-3,6,14H,4-5H2,1H3,(H,10,11)(H,12,17)(H,15,16).